The third-order valence-corrected chi connectivity index (χ3v) is 18.3. The van der Waals surface area contributed by atoms with Crippen molar-refractivity contribution in [3.8, 4) is 11.5 Å². The molecule has 2 saturated carbocycles. The van der Waals surface area contributed by atoms with Gasteiger partial charge in [-0.15, -0.1) is 5.10 Å². The fraction of sp³-hybridized carbons (Fsp3) is 0.404. The molecule has 2 heterocycles. The van der Waals surface area contributed by atoms with Crippen LogP contribution in [-0.4, -0.2) is 88.3 Å². The van der Waals surface area contributed by atoms with Crippen molar-refractivity contribution >= 4 is 47.4 Å². The van der Waals surface area contributed by atoms with Crippen LogP contribution in [0.2, 0.25) is 5.04 Å². The zero-order valence-corrected chi connectivity index (χ0v) is 37.1. The normalized spacial score (nSPS) is 21.6. The average Bonchev–Trinajstić information content (AvgIpc) is 3.88. The van der Waals surface area contributed by atoms with Crippen molar-refractivity contribution in [1.29, 1.82) is 0 Å². The van der Waals surface area contributed by atoms with Gasteiger partial charge in [-0.2, -0.15) is 0 Å². The minimum Gasteiger partial charge on any atom is -0.497 e. The zero-order valence-electron chi connectivity index (χ0n) is 35.3. The van der Waals surface area contributed by atoms with Crippen molar-refractivity contribution in [1.82, 2.24) is 25.0 Å². The Kier molecular flexibility index (Phi) is 12.3. The Morgan fingerprint density at radius 2 is 1.50 bits per heavy atom. The second kappa shape index (κ2) is 17.7. The number of anilines is 1. The summed E-state index contributed by atoms with van der Waals surface area (Å²) in [5, 5.41) is 35.8. The van der Waals surface area contributed by atoms with Crippen LogP contribution in [0.15, 0.2) is 114 Å². The van der Waals surface area contributed by atoms with Gasteiger partial charge in [-0.25, -0.2) is 14.6 Å². The van der Waals surface area contributed by atoms with Crippen LogP contribution >= 0.6 is 11.8 Å². The van der Waals surface area contributed by atoms with E-state index in [1.54, 1.807) is 30.7 Å². The summed E-state index contributed by atoms with van der Waals surface area (Å²) in [5.41, 5.74) is 3.35. The van der Waals surface area contributed by atoms with E-state index in [9.17, 15) is 10.2 Å². The number of fused-ring (bicyclic) bond motifs is 1. The highest BCUT2D eigenvalue weighted by Crippen LogP contribution is 2.48. The van der Waals surface area contributed by atoms with Gasteiger partial charge in [0.25, 0.3) is 8.32 Å². The molecule has 0 saturated heterocycles. The molecule has 0 spiro atoms. The van der Waals surface area contributed by atoms with Gasteiger partial charge in [0.15, 0.2) is 22.1 Å². The number of rotatable bonds is 16. The van der Waals surface area contributed by atoms with Crippen LogP contribution in [-0.2, 0) is 11.0 Å². The highest BCUT2D eigenvalue weighted by molar-refractivity contribution is 7.99. The topological polar surface area (TPSA) is 128 Å². The van der Waals surface area contributed by atoms with E-state index in [0.717, 1.165) is 29.9 Å². The summed E-state index contributed by atoms with van der Waals surface area (Å²) in [4.78, 5) is 12.6. The molecule has 6 unspecified atom stereocenters. The summed E-state index contributed by atoms with van der Waals surface area (Å²) >= 11 is 1.59. The summed E-state index contributed by atoms with van der Waals surface area (Å²) in [5.74, 6) is 2.89. The number of aliphatic hydroxyl groups excluding tert-OH is 2. The average molecular weight is 845 g/mol. The number of benzene rings is 4. The van der Waals surface area contributed by atoms with Crippen LogP contribution in [0.1, 0.15) is 70.0 Å². The molecule has 4 aromatic carbocycles. The predicted octanol–water partition coefficient (Wildman–Crippen LogP) is 7.16. The third kappa shape index (κ3) is 8.05. The van der Waals surface area contributed by atoms with Gasteiger partial charge < -0.3 is 29.0 Å². The number of aliphatic hydroxyl groups is 2. The first-order valence-electron chi connectivity index (χ1n) is 21.0. The molecule has 11 nitrogen and oxygen atoms in total. The SMILES string of the molecule is CCCSc1nc(N(Cc2ccc(OC)cc2OC)C2CC2c2ccccc2)c2nnn(C3CC(CO[Si](c4ccccc4)(c4ccccc4)C(C)(C)C)C(O)C3O)c2n1. The Balaban J connectivity index is 1.16. The number of nitrogens with zero attached hydrogens (tertiary/aromatic N) is 6. The van der Waals surface area contributed by atoms with E-state index in [4.69, 9.17) is 34.2 Å². The lowest BCUT2D eigenvalue weighted by atomic mass is 10.1. The second-order valence-electron chi connectivity index (χ2n) is 17.0. The number of thioether (sulfide) groups is 1. The van der Waals surface area contributed by atoms with Crippen molar-refractivity contribution in [2.45, 2.75) is 93.9 Å². The molecule has 2 aromatic heterocycles. The van der Waals surface area contributed by atoms with Gasteiger partial charge in [0, 0.05) is 48.4 Å². The van der Waals surface area contributed by atoms with Crippen LogP contribution in [0.5, 0.6) is 11.5 Å². The van der Waals surface area contributed by atoms with E-state index in [0.29, 0.717) is 46.8 Å². The quantitative estimate of drug-likeness (QED) is 0.0586. The molecule has 2 aliphatic rings. The van der Waals surface area contributed by atoms with Crippen molar-refractivity contribution in [3.63, 3.8) is 0 Å². The molecule has 0 aliphatic heterocycles. The fourth-order valence-electron chi connectivity index (χ4n) is 9.08. The summed E-state index contributed by atoms with van der Waals surface area (Å²) in [7, 11) is 0.433. The maximum Gasteiger partial charge on any atom is 0.261 e. The molecule has 2 fully saturated rings. The molecule has 0 amide bonds. The monoisotopic (exact) mass is 844 g/mol. The van der Waals surface area contributed by atoms with Gasteiger partial charge in [-0.05, 0) is 52.4 Å². The number of aromatic nitrogens is 5. The van der Waals surface area contributed by atoms with E-state index < -0.39 is 26.6 Å². The summed E-state index contributed by atoms with van der Waals surface area (Å²) in [6.45, 7) is 9.64. The molecular weight excluding hydrogens is 789 g/mol. The fourth-order valence-corrected chi connectivity index (χ4v) is 14.4. The molecule has 6 aromatic rings. The van der Waals surface area contributed by atoms with E-state index in [-0.39, 0.29) is 23.6 Å². The molecule has 6 atom stereocenters. The van der Waals surface area contributed by atoms with Gasteiger partial charge in [0.2, 0.25) is 0 Å². The van der Waals surface area contributed by atoms with Gasteiger partial charge in [-0.1, -0.05) is 136 Å². The maximum absolute atomic E-state index is 11.9. The molecule has 314 valence electrons. The molecule has 0 bridgehead atoms. The first-order valence-corrected chi connectivity index (χ1v) is 23.9. The van der Waals surface area contributed by atoms with E-state index in [2.05, 4.69) is 105 Å². The highest BCUT2D eigenvalue weighted by atomic mass is 32.2. The zero-order chi connectivity index (χ0) is 42.0. The van der Waals surface area contributed by atoms with Gasteiger partial charge in [0.05, 0.1) is 26.4 Å². The molecule has 0 radical (unpaired) electrons. The molecule has 2 aliphatic carbocycles. The van der Waals surface area contributed by atoms with Gasteiger partial charge in [0.1, 0.15) is 17.6 Å². The van der Waals surface area contributed by atoms with E-state index in [1.165, 1.54) is 15.9 Å². The Labute approximate surface area is 358 Å². The lowest BCUT2D eigenvalue weighted by Gasteiger charge is -2.43. The third-order valence-electron chi connectivity index (χ3n) is 12.2. The van der Waals surface area contributed by atoms with Gasteiger partial charge >= 0.3 is 0 Å². The molecule has 2 N–H and O–H groups in total. The standard InChI is InChI=1S/C47H56N6O5SSi/c1-7-25-59-46-48-44(52(38-28-37(38)31-17-11-8-12-18-31)29-32-23-24-34(56-5)27-40(32)57-6)41-45(49-46)53(51-50-41)39-26-33(42(54)43(39)55)30-58-60(47(2,3)4,35-19-13-9-14-20-35)36-21-15-10-16-22-36/h8-24,27,33,37-39,42-43,54-55H,7,25-26,28-30H2,1-6H3. The predicted molar refractivity (Wildman–Crippen MR) is 240 cm³/mol. The summed E-state index contributed by atoms with van der Waals surface area (Å²) in [6.07, 6.45) is 0.171. The number of hydrogen-bond donors (Lipinski definition) is 2. The molecule has 13 heteroatoms. The highest BCUT2D eigenvalue weighted by Gasteiger charge is 2.52. The van der Waals surface area contributed by atoms with Crippen LogP contribution in [0.25, 0.3) is 11.2 Å². The Morgan fingerprint density at radius 1 is 0.833 bits per heavy atom. The number of ether oxygens (including phenoxy) is 2. The number of methoxy groups -OCH3 is 2. The smallest absolute Gasteiger partial charge is 0.261 e. The molecule has 8 rings (SSSR count). The van der Waals surface area contributed by atoms with Crippen molar-refractivity contribution < 1.29 is 24.1 Å². The van der Waals surface area contributed by atoms with E-state index >= 15 is 0 Å². The summed E-state index contributed by atoms with van der Waals surface area (Å²) in [6, 6.07) is 37.0. The molecule has 60 heavy (non-hydrogen) atoms. The largest absolute Gasteiger partial charge is 0.497 e. The van der Waals surface area contributed by atoms with Crippen LogP contribution < -0.4 is 24.7 Å². The number of hydrogen-bond acceptors (Lipinski definition) is 11. The first kappa shape index (κ1) is 41.9. The van der Waals surface area contributed by atoms with Gasteiger partial charge in [-0.3, -0.25) is 0 Å². The minimum atomic E-state index is -2.89. The molecular formula is C47H56N6O5SSi. The Bertz CT molecular complexity index is 2330. The second-order valence-corrected chi connectivity index (χ2v) is 22.4. The lowest BCUT2D eigenvalue weighted by Crippen LogP contribution is -2.67. The lowest BCUT2D eigenvalue weighted by molar-refractivity contribution is -0.00373. The van der Waals surface area contributed by atoms with Crippen molar-refractivity contribution in [2.75, 3.05) is 31.5 Å². The van der Waals surface area contributed by atoms with E-state index in [1.807, 2.05) is 36.4 Å². The van der Waals surface area contributed by atoms with Crippen molar-refractivity contribution in [3.05, 3.63) is 120 Å². The minimum absolute atomic E-state index is 0.133. The van der Waals surface area contributed by atoms with Crippen molar-refractivity contribution in [2.24, 2.45) is 5.92 Å². The Morgan fingerprint density at radius 3 is 2.12 bits per heavy atom. The Hall–Kier alpha value is -4.79. The first-order chi connectivity index (χ1) is 29.1. The van der Waals surface area contributed by atoms with Crippen LogP contribution in [0, 0.1) is 5.92 Å². The maximum atomic E-state index is 11.9. The van der Waals surface area contributed by atoms with Crippen LogP contribution in [0.3, 0.4) is 0 Å². The summed E-state index contributed by atoms with van der Waals surface area (Å²) < 4.78 is 20.4. The van der Waals surface area contributed by atoms with Crippen LogP contribution in [0.4, 0.5) is 5.82 Å².